The van der Waals surface area contributed by atoms with E-state index in [1.54, 1.807) is 0 Å². The molecule has 1 aromatic carbocycles. The Hall–Kier alpha value is -0.633. The zero-order valence-electron chi connectivity index (χ0n) is 15.7. The van der Waals surface area contributed by atoms with E-state index in [9.17, 15) is 17.6 Å². The first-order valence-corrected chi connectivity index (χ1v) is 12.0. The Labute approximate surface area is 158 Å². The minimum atomic E-state index is -4.63. The van der Waals surface area contributed by atoms with Crippen molar-refractivity contribution in [3.63, 3.8) is 0 Å². The van der Waals surface area contributed by atoms with Crippen molar-refractivity contribution in [2.24, 2.45) is 0 Å². The monoisotopic (exact) mass is 411 g/mol. The van der Waals surface area contributed by atoms with E-state index in [1.807, 2.05) is 0 Å². The van der Waals surface area contributed by atoms with E-state index >= 15 is 0 Å². The number of hydrogen-bond acceptors (Lipinski definition) is 2. The molecule has 0 saturated carbocycles. The number of nitrogens with one attached hydrogen (secondary N) is 1. The summed E-state index contributed by atoms with van der Waals surface area (Å²) in [6, 6.07) is 0.842. The zero-order valence-corrected chi connectivity index (χ0v) is 17.5. The van der Waals surface area contributed by atoms with Crippen LogP contribution in [0.15, 0.2) is 12.1 Å². The van der Waals surface area contributed by atoms with Gasteiger partial charge >= 0.3 is 6.18 Å². The van der Waals surface area contributed by atoms with Gasteiger partial charge in [-0.2, -0.15) is 13.2 Å². The number of halogens is 5. The zero-order chi connectivity index (χ0) is 19.9. The highest BCUT2D eigenvalue weighted by Gasteiger charge is 2.41. The average molecular weight is 412 g/mol. The van der Waals surface area contributed by atoms with E-state index < -0.39 is 31.9 Å². The number of benzene rings is 1. The maximum atomic E-state index is 14.4. The summed E-state index contributed by atoms with van der Waals surface area (Å²) in [6.45, 7) is 11.3. The lowest BCUT2D eigenvalue weighted by Gasteiger charge is -2.42. The van der Waals surface area contributed by atoms with Crippen molar-refractivity contribution < 1.29 is 22.0 Å². The highest BCUT2D eigenvalue weighted by Crippen LogP contribution is 2.41. The van der Waals surface area contributed by atoms with Gasteiger partial charge in [-0.05, 0) is 49.7 Å². The van der Waals surface area contributed by atoms with Crippen LogP contribution >= 0.6 is 11.6 Å². The molecular formula is C18H26ClF4NOSi. The molecule has 0 amide bonds. The van der Waals surface area contributed by atoms with Gasteiger partial charge in [-0.1, -0.05) is 32.4 Å². The van der Waals surface area contributed by atoms with Crippen molar-refractivity contribution in [1.82, 2.24) is 5.32 Å². The van der Waals surface area contributed by atoms with Gasteiger partial charge in [0, 0.05) is 22.7 Å². The van der Waals surface area contributed by atoms with Crippen LogP contribution in [-0.4, -0.2) is 21.0 Å². The van der Waals surface area contributed by atoms with Crippen molar-refractivity contribution in [1.29, 1.82) is 0 Å². The van der Waals surface area contributed by atoms with Crippen LogP contribution < -0.4 is 5.32 Å². The number of piperidine rings is 1. The highest BCUT2D eigenvalue weighted by molar-refractivity contribution is 6.74. The molecule has 26 heavy (non-hydrogen) atoms. The van der Waals surface area contributed by atoms with Gasteiger partial charge in [0.2, 0.25) is 0 Å². The average Bonchev–Trinajstić information content (AvgIpc) is 2.44. The minimum Gasteiger partial charge on any atom is -0.414 e. The molecule has 0 radical (unpaired) electrons. The van der Waals surface area contributed by atoms with Crippen LogP contribution in [0.25, 0.3) is 0 Å². The normalized spacial score (nSPS) is 22.5. The second kappa shape index (κ2) is 7.41. The molecule has 0 aromatic heterocycles. The molecule has 0 bridgehead atoms. The summed E-state index contributed by atoms with van der Waals surface area (Å²) in [5, 5.41) is 3.00. The van der Waals surface area contributed by atoms with Gasteiger partial charge in [-0.25, -0.2) is 4.39 Å². The Bertz CT molecular complexity index is 635. The molecule has 1 aromatic rings. The SMILES string of the molecule is CC(C)(C)[Si](C)(C)O[C@H]1CCN[C@@H](c2c(F)cc(C(F)(F)F)cc2Cl)C1. The van der Waals surface area contributed by atoms with Crippen molar-refractivity contribution in [3.05, 3.63) is 34.1 Å². The van der Waals surface area contributed by atoms with Crippen LogP contribution in [0.2, 0.25) is 23.2 Å². The smallest absolute Gasteiger partial charge is 0.414 e. The molecule has 8 heteroatoms. The van der Waals surface area contributed by atoms with E-state index in [-0.39, 0.29) is 21.7 Å². The van der Waals surface area contributed by atoms with Crippen LogP contribution in [0, 0.1) is 5.82 Å². The Morgan fingerprint density at radius 1 is 1.19 bits per heavy atom. The summed E-state index contributed by atoms with van der Waals surface area (Å²) in [4.78, 5) is 0. The van der Waals surface area contributed by atoms with Crippen molar-refractivity contribution in [3.8, 4) is 0 Å². The summed E-state index contributed by atoms with van der Waals surface area (Å²) in [5.41, 5.74) is -0.989. The number of alkyl halides is 3. The fraction of sp³-hybridized carbons (Fsp3) is 0.667. The molecule has 2 atom stereocenters. The van der Waals surface area contributed by atoms with Gasteiger partial charge in [0.05, 0.1) is 5.56 Å². The summed E-state index contributed by atoms with van der Waals surface area (Å²) in [5.74, 6) is -0.935. The molecule has 148 valence electrons. The first-order chi connectivity index (χ1) is 11.7. The Balaban J connectivity index is 2.22. The van der Waals surface area contributed by atoms with Gasteiger partial charge in [-0.3, -0.25) is 0 Å². The first kappa shape index (κ1) is 21.7. The molecule has 1 aliphatic rings. The molecule has 2 rings (SSSR count). The lowest BCUT2D eigenvalue weighted by atomic mass is 9.94. The van der Waals surface area contributed by atoms with Gasteiger partial charge in [0.1, 0.15) is 5.82 Å². The molecule has 1 heterocycles. The van der Waals surface area contributed by atoms with Gasteiger partial charge in [0.15, 0.2) is 8.32 Å². The van der Waals surface area contributed by atoms with E-state index in [0.717, 1.165) is 12.5 Å². The predicted molar refractivity (Wildman–Crippen MR) is 98.5 cm³/mol. The third-order valence-corrected chi connectivity index (χ3v) is 10.2. The largest absolute Gasteiger partial charge is 0.416 e. The van der Waals surface area contributed by atoms with Crippen LogP contribution in [0.5, 0.6) is 0 Å². The molecule has 1 aliphatic heterocycles. The Kier molecular flexibility index (Phi) is 6.18. The summed E-state index contributed by atoms with van der Waals surface area (Å²) in [7, 11) is -1.99. The Morgan fingerprint density at radius 3 is 2.31 bits per heavy atom. The molecule has 1 N–H and O–H groups in total. The van der Waals surface area contributed by atoms with E-state index in [0.29, 0.717) is 19.0 Å². The molecule has 1 fully saturated rings. The summed E-state index contributed by atoms with van der Waals surface area (Å²) >= 11 is 6.02. The maximum absolute atomic E-state index is 14.4. The van der Waals surface area contributed by atoms with Crippen molar-refractivity contribution in [2.75, 3.05) is 6.54 Å². The molecule has 1 saturated heterocycles. The van der Waals surface area contributed by atoms with E-state index in [4.69, 9.17) is 16.0 Å². The van der Waals surface area contributed by atoms with Crippen molar-refractivity contribution in [2.45, 2.75) is 70.1 Å². The summed E-state index contributed by atoms with van der Waals surface area (Å²) < 4.78 is 59.3. The molecule has 2 nitrogen and oxygen atoms in total. The van der Waals surface area contributed by atoms with Crippen LogP contribution in [-0.2, 0) is 10.6 Å². The van der Waals surface area contributed by atoms with Crippen LogP contribution in [0.4, 0.5) is 17.6 Å². The molecule has 0 unspecified atom stereocenters. The fourth-order valence-electron chi connectivity index (χ4n) is 2.88. The maximum Gasteiger partial charge on any atom is 0.416 e. The standard InChI is InChI=1S/C18H26ClF4NOSi/c1-17(2,3)26(4,5)25-12-6-7-24-15(10-12)16-13(19)8-11(9-14(16)20)18(21,22)23/h8-9,12,15,24H,6-7,10H2,1-5H3/t12-,15+/m0/s1. The lowest BCUT2D eigenvalue weighted by Crippen LogP contribution is -2.47. The second-order valence-corrected chi connectivity index (χ2v) is 13.5. The Morgan fingerprint density at radius 2 is 1.81 bits per heavy atom. The molecular weight excluding hydrogens is 386 g/mol. The van der Waals surface area contributed by atoms with Gasteiger partial charge in [0.25, 0.3) is 0 Å². The van der Waals surface area contributed by atoms with Gasteiger partial charge < -0.3 is 9.74 Å². The topological polar surface area (TPSA) is 21.3 Å². The highest BCUT2D eigenvalue weighted by atomic mass is 35.5. The first-order valence-electron chi connectivity index (χ1n) is 8.70. The minimum absolute atomic E-state index is 0.0463. The number of rotatable bonds is 3. The molecule has 0 spiro atoms. The summed E-state index contributed by atoms with van der Waals surface area (Å²) in [6.07, 6.45) is -3.44. The fourth-order valence-corrected chi connectivity index (χ4v) is 4.62. The van der Waals surface area contributed by atoms with E-state index in [2.05, 4.69) is 39.2 Å². The molecule has 0 aliphatic carbocycles. The third-order valence-electron chi connectivity index (χ3n) is 5.38. The second-order valence-electron chi connectivity index (χ2n) is 8.38. The van der Waals surface area contributed by atoms with Crippen LogP contribution in [0.1, 0.15) is 50.8 Å². The number of hydrogen-bond donors (Lipinski definition) is 1. The lowest BCUT2D eigenvalue weighted by molar-refractivity contribution is -0.137. The third kappa shape index (κ3) is 4.80. The predicted octanol–water partition coefficient (Wildman–Crippen LogP) is 6.31. The quantitative estimate of drug-likeness (QED) is 0.464. The van der Waals surface area contributed by atoms with Crippen molar-refractivity contribution >= 4 is 19.9 Å². The van der Waals surface area contributed by atoms with Crippen LogP contribution in [0.3, 0.4) is 0 Å². The van der Waals surface area contributed by atoms with Gasteiger partial charge in [-0.15, -0.1) is 0 Å². The van der Waals surface area contributed by atoms with E-state index in [1.165, 1.54) is 0 Å².